The minimum atomic E-state index is -4.56. The number of hydrogen-bond donors (Lipinski definition) is 3. The van der Waals surface area contributed by atoms with E-state index in [1.807, 2.05) is 0 Å². The van der Waals surface area contributed by atoms with Gasteiger partial charge in [0.1, 0.15) is 4.90 Å². The van der Waals surface area contributed by atoms with Gasteiger partial charge in [-0.25, -0.2) is 0 Å². The van der Waals surface area contributed by atoms with E-state index in [2.05, 4.69) is 5.32 Å². The quantitative estimate of drug-likeness (QED) is 0.626. The Morgan fingerprint density at radius 1 is 1.11 bits per heavy atom. The van der Waals surface area contributed by atoms with Crippen molar-refractivity contribution < 1.29 is 30.7 Å². The van der Waals surface area contributed by atoms with Gasteiger partial charge in [0.2, 0.25) is 0 Å². The minimum Gasteiger partial charge on any atom is -0.351 e. The number of amides is 1. The predicted molar refractivity (Wildman–Crippen MR) is 65.0 cm³/mol. The van der Waals surface area contributed by atoms with Crippen molar-refractivity contribution in [1.29, 1.82) is 0 Å². The van der Waals surface area contributed by atoms with Gasteiger partial charge in [-0.15, -0.1) is 0 Å². The molecule has 0 atom stereocenters. The molecule has 1 amide bonds. The molecule has 10 heteroatoms. The highest BCUT2D eigenvalue weighted by Gasteiger charge is 2.19. The third-order valence-electron chi connectivity index (χ3n) is 2.06. The van der Waals surface area contributed by atoms with Crippen LogP contribution in [-0.2, 0) is 20.2 Å². The Morgan fingerprint density at radius 2 is 1.68 bits per heavy atom. The Hall–Kier alpha value is -1.49. The van der Waals surface area contributed by atoms with Gasteiger partial charge in [-0.2, -0.15) is 16.8 Å². The summed E-state index contributed by atoms with van der Waals surface area (Å²) in [6.45, 7) is -0.391. The first-order chi connectivity index (χ1) is 8.61. The standard InChI is InChI=1S/C9H11NO7S2/c11-9(10-5-6-18(12,13)14)7-3-1-2-4-8(7)19(15,16)17/h1-4H,5-6H2,(H,10,11)(H,12,13,14)(H,15,16,17). The van der Waals surface area contributed by atoms with E-state index in [1.165, 1.54) is 12.1 Å². The normalized spacial score (nSPS) is 12.1. The van der Waals surface area contributed by atoms with Crippen molar-refractivity contribution in [1.82, 2.24) is 5.32 Å². The second kappa shape index (κ2) is 5.65. The second-order valence-electron chi connectivity index (χ2n) is 3.51. The average molecular weight is 309 g/mol. The van der Waals surface area contributed by atoms with E-state index >= 15 is 0 Å². The van der Waals surface area contributed by atoms with Crippen LogP contribution in [0.15, 0.2) is 29.2 Å². The lowest BCUT2D eigenvalue weighted by Gasteiger charge is -2.07. The molecule has 0 spiro atoms. The SMILES string of the molecule is O=C(NCCS(=O)(=O)O)c1ccccc1S(=O)(=O)O. The summed E-state index contributed by atoms with van der Waals surface area (Å²) in [5.41, 5.74) is -0.319. The van der Waals surface area contributed by atoms with Crippen LogP contribution in [0, 0.1) is 0 Å². The summed E-state index contributed by atoms with van der Waals surface area (Å²) in [6, 6.07) is 4.89. The number of rotatable bonds is 5. The molecule has 1 rings (SSSR count). The maximum Gasteiger partial charge on any atom is 0.295 e. The molecule has 3 N–H and O–H groups in total. The fourth-order valence-electron chi connectivity index (χ4n) is 1.27. The summed E-state index contributed by atoms with van der Waals surface area (Å²) in [5.74, 6) is -1.58. The van der Waals surface area contributed by atoms with Crippen molar-refractivity contribution in [2.75, 3.05) is 12.3 Å². The van der Waals surface area contributed by atoms with Gasteiger partial charge in [0, 0.05) is 6.54 Å². The molecule has 19 heavy (non-hydrogen) atoms. The van der Waals surface area contributed by atoms with Crippen molar-refractivity contribution in [3.8, 4) is 0 Å². The molecule has 106 valence electrons. The van der Waals surface area contributed by atoms with E-state index in [-0.39, 0.29) is 5.56 Å². The molecule has 0 aliphatic heterocycles. The number of carbonyl (C=O) groups excluding carboxylic acids is 1. The maximum atomic E-state index is 11.6. The lowest BCUT2D eigenvalue weighted by molar-refractivity contribution is 0.0952. The molecule has 0 heterocycles. The zero-order chi connectivity index (χ0) is 14.7. The van der Waals surface area contributed by atoms with E-state index in [9.17, 15) is 21.6 Å². The molecule has 0 saturated heterocycles. The fourth-order valence-corrected chi connectivity index (χ4v) is 2.32. The van der Waals surface area contributed by atoms with Crippen LogP contribution in [0.3, 0.4) is 0 Å². The highest BCUT2D eigenvalue weighted by molar-refractivity contribution is 7.86. The molecule has 1 aromatic carbocycles. The van der Waals surface area contributed by atoms with Crippen LogP contribution in [0.2, 0.25) is 0 Å². The average Bonchev–Trinajstić information content (AvgIpc) is 2.26. The highest BCUT2D eigenvalue weighted by atomic mass is 32.2. The van der Waals surface area contributed by atoms with Crippen LogP contribution in [0.5, 0.6) is 0 Å². The lowest BCUT2D eigenvalue weighted by atomic mass is 10.2. The number of nitrogens with one attached hydrogen (secondary N) is 1. The van der Waals surface area contributed by atoms with Gasteiger partial charge in [0.15, 0.2) is 0 Å². The zero-order valence-electron chi connectivity index (χ0n) is 9.48. The molecule has 1 aromatic rings. The van der Waals surface area contributed by atoms with Crippen LogP contribution in [0.1, 0.15) is 10.4 Å². The van der Waals surface area contributed by atoms with Crippen molar-refractivity contribution in [2.24, 2.45) is 0 Å². The van der Waals surface area contributed by atoms with Crippen molar-refractivity contribution in [3.63, 3.8) is 0 Å². The van der Waals surface area contributed by atoms with Gasteiger partial charge in [-0.3, -0.25) is 13.9 Å². The zero-order valence-corrected chi connectivity index (χ0v) is 11.1. The summed E-state index contributed by atoms with van der Waals surface area (Å²) in [5, 5.41) is 2.11. The van der Waals surface area contributed by atoms with E-state index in [1.54, 1.807) is 0 Å². The fraction of sp³-hybridized carbons (Fsp3) is 0.222. The topological polar surface area (TPSA) is 138 Å². The molecule has 0 aliphatic rings. The molecule has 0 saturated carbocycles. The number of carbonyl (C=O) groups is 1. The van der Waals surface area contributed by atoms with Crippen molar-refractivity contribution in [3.05, 3.63) is 29.8 Å². The molecule has 0 radical (unpaired) electrons. The Kier molecular flexibility index (Phi) is 4.63. The van der Waals surface area contributed by atoms with Gasteiger partial charge < -0.3 is 5.32 Å². The second-order valence-corrected chi connectivity index (χ2v) is 6.48. The van der Waals surface area contributed by atoms with Crippen molar-refractivity contribution >= 4 is 26.1 Å². The largest absolute Gasteiger partial charge is 0.351 e. The van der Waals surface area contributed by atoms with E-state index in [0.29, 0.717) is 0 Å². The first-order valence-electron chi connectivity index (χ1n) is 4.91. The third kappa shape index (κ3) is 4.95. The Bertz CT molecular complexity index is 678. The third-order valence-corrected chi connectivity index (χ3v) is 3.69. The number of benzene rings is 1. The van der Waals surface area contributed by atoms with Crippen LogP contribution in [-0.4, -0.2) is 44.1 Å². The summed E-state index contributed by atoms with van der Waals surface area (Å²) in [4.78, 5) is 11.1. The van der Waals surface area contributed by atoms with Gasteiger partial charge in [0.05, 0.1) is 11.3 Å². The highest BCUT2D eigenvalue weighted by Crippen LogP contribution is 2.14. The Morgan fingerprint density at radius 3 is 2.21 bits per heavy atom. The monoisotopic (exact) mass is 309 g/mol. The summed E-state index contributed by atoms with van der Waals surface area (Å²) >= 11 is 0. The summed E-state index contributed by atoms with van der Waals surface area (Å²) in [6.07, 6.45) is 0. The van der Waals surface area contributed by atoms with Gasteiger partial charge in [0.25, 0.3) is 26.1 Å². The van der Waals surface area contributed by atoms with Crippen LogP contribution in [0.4, 0.5) is 0 Å². The van der Waals surface area contributed by atoms with Gasteiger partial charge in [-0.1, -0.05) is 12.1 Å². The van der Waals surface area contributed by atoms with Crippen molar-refractivity contribution in [2.45, 2.75) is 4.90 Å². The molecule has 8 nitrogen and oxygen atoms in total. The molecular weight excluding hydrogens is 298 g/mol. The summed E-state index contributed by atoms with van der Waals surface area (Å²) in [7, 11) is -8.78. The smallest absolute Gasteiger partial charge is 0.295 e. The molecule has 0 unspecified atom stereocenters. The van der Waals surface area contributed by atoms with E-state index in [4.69, 9.17) is 9.11 Å². The first kappa shape index (κ1) is 15.6. The first-order valence-corrected chi connectivity index (χ1v) is 7.96. The van der Waals surface area contributed by atoms with Crippen LogP contribution in [0.25, 0.3) is 0 Å². The van der Waals surface area contributed by atoms with E-state index < -0.39 is 43.3 Å². The molecular formula is C9H11NO7S2. The molecule has 0 bridgehead atoms. The van der Waals surface area contributed by atoms with Gasteiger partial charge in [-0.05, 0) is 12.1 Å². The summed E-state index contributed by atoms with van der Waals surface area (Å²) < 4.78 is 60.3. The predicted octanol–water partition coefficient (Wildman–Crippen LogP) is -0.449. The lowest BCUT2D eigenvalue weighted by Crippen LogP contribution is -2.30. The molecule has 0 aromatic heterocycles. The van der Waals surface area contributed by atoms with Gasteiger partial charge >= 0.3 is 0 Å². The molecule has 0 fully saturated rings. The molecule has 0 aliphatic carbocycles. The Labute approximate surface area is 109 Å². The minimum absolute atomic E-state index is 0.319. The van der Waals surface area contributed by atoms with E-state index in [0.717, 1.165) is 12.1 Å². The maximum absolute atomic E-state index is 11.6. The Balaban J connectivity index is 2.90. The van der Waals surface area contributed by atoms with Crippen LogP contribution >= 0.6 is 0 Å². The number of hydrogen-bond acceptors (Lipinski definition) is 5. The van der Waals surface area contributed by atoms with Crippen LogP contribution < -0.4 is 5.32 Å².